The third kappa shape index (κ3) is 4.66. The zero-order chi connectivity index (χ0) is 18.7. The molecule has 4 nitrogen and oxygen atoms in total. The van der Waals surface area contributed by atoms with Crippen LogP contribution in [0.25, 0.3) is 0 Å². The van der Waals surface area contributed by atoms with Crippen molar-refractivity contribution in [1.29, 1.82) is 0 Å². The molecule has 1 aliphatic rings. The third-order valence-corrected chi connectivity index (χ3v) is 6.29. The lowest BCUT2D eigenvalue weighted by Crippen LogP contribution is -2.39. The van der Waals surface area contributed by atoms with E-state index >= 15 is 0 Å². The minimum absolute atomic E-state index is 0.0641. The molecule has 0 aromatic heterocycles. The molecule has 1 N–H and O–H groups in total. The maximum atomic E-state index is 13.2. The van der Waals surface area contributed by atoms with Gasteiger partial charge in [-0.3, -0.25) is 4.79 Å². The summed E-state index contributed by atoms with van der Waals surface area (Å²) in [7, 11) is -3.11. The SMILES string of the molecule is O=C(NC1CCS(=O)(=O)C1)C(Cc1ccc(F)cc1)c1ccc(F)cc1. The molecule has 2 aromatic rings. The highest BCUT2D eigenvalue weighted by atomic mass is 32.2. The van der Waals surface area contributed by atoms with E-state index in [2.05, 4.69) is 5.32 Å². The molecule has 0 bridgehead atoms. The van der Waals surface area contributed by atoms with Crippen molar-refractivity contribution >= 4 is 15.7 Å². The van der Waals surface area contributed by atoms with Crippen molar-refractivity contribution in [2.24, 2.45) is 0 Å². The van der Waals surface area contributed by atoms with Crippen LogP contribution in [0.15, 0.2) is 48.5 Å². The molecular formula is C19H19F2NO3S. The number of carbonyl (C=O) groups excluding carboxylic acids is 1. The molecule has 1 saturated heterocycles. The van der Waals surface area contributed by atoms with Gasteiger partial charge in [-0.2, -0.15) is 0 Å². The van der Waals surface area contributed by atoms with Gasteiger partial charge in [-0.1, -0.05) is 24.3 Å². The molecular weight excluding hydrogens is 360 g/mol. The summed E-state index contributed by atoms with van der Waals surface area (Å²) < 4.78 is 49.5. The molecule has 2 aromatic carbocycles. The van der Waals surface area contributed by atoms with Gasteiger partial charge < -0.3 is 5.32 Å². The van der Waals surface area contributed by atoms with Gasteiger partial charge in [0.1, 0.15) is 11.6 Å². The fraction of sp³-hybridized carbons (Fsp3) is 0.316. The maximum Gasteiger partial charge on any atom is 0.228 e. The van der Waals surface area contributed by atoms with Gasteiger partial charge in [-0.05, 0) is 48.2 Å². The Labute approximate surface area is 151 Å². The van der Waals surface area contributed by atoms with E-state index in [1.165, 1.54) is 36.4 Å². The molecule has 0 aliphatic carbocycles. The molecule has 1 heterocycles. The van der Waals surface area contributed by atoms with Crippen LogP contribution in [0, 0.1) is 11.6 Å². The Bertz CT molecular complexity index is 880. The van der Waals surface area contributed by atoms with Crippen molar-refractivity contribution < 1.29 is 22.0 Å². The predicted octanol–water partition coefficient (Wildman–Crippen LogP) is 2.59. The number of hydrogen-bond acceptors (Lipinski definition) is 3. The number of carbonyl (C=O) groups is 1. The van der Waals surface area contributed by atoms with E-state index in [4.69, 9.17) is 0 Å². The van der Waals surface area contributed by atoms with Gasteiger partial charge in [-0.15, -0.1) is 0 Å². The monoisotopic (exact) mass is 379 g/mol. The minimum atomic E-state index is -3.11. The number of sulfone groups is 1. The zero-order valence-corrected chi connectivity index (χ0v) is 14.8. The first-order chi connectivity index (χ1) is 12.3. The van der Waals surface area contributed by atoms with Crippen LogP contribution >= 0.6 is 0 Å². The summed E-state index contributed by atoms with van der Waals surface area (Å²) in [5.41, 5.74) is 1.38. The molecule has 2 atom stereocenters. The van der Waals surface area contributed by atoms with Crippen LogP contribution in [0.4, 0.5) is 8.78 Å². The molecule has 1 fully saturated rings. The highest BCUT2D eigenvalue weighted by Gasteiger charge is 2.31. The first kappa shape index (κ1) is 18.5. The van der Waals surface area contributed by atoms with Crippen LogP contribution in [0.2, 0.25) is 0 Å². The highest BCUT2D eigenvalue weighted by Crippen LogP contribution is 2.23. The summed E-state index contributed by atoms with van der Waals surface area (Å²) in [5.74, 6) is -1.71. The van der Waals surface area contributed by atoms with E-state index in [1.807, 2.05) is 0 Å². The summed E-state index contributed by atoms with van der Waals surface area (Å²) in [5, 5.41) is 2.79. The Hall–Kier alpha value is -2.28. The molecule has 1 aliphatic heterocycles. The second-order valence-corrected chi connectivity index (χ2v) is 8.77. The number of rotatable bonds is 5. The van der Waals surface area contributed by atoms with Crippen LogP contribution < -0.4 is 5.32 Å². The second-order valence-electron chi connectivity index (χ2n) is 6.54. The van der Waals surface area contributed by atoms with Crippen molar-refractivity contribution in [2.45, 2.75) is 24.8 Å². The van der Waals surface area contributed by atoms with Crippen molar-refractivity contribution in [2.75, 3.05) is 11.5 Å². The first-order valence-corrected chi connectivity index (χ1v) is 10.2. The Balaban J connectivity index is 1.81. The molecule has 7 heteroatoms. The fourth-order valence-electron chi connectivity index (χ4n) is 3.12. The summed E-state index contributed by atoms with van der Waals surface area (Å²) in [4.78, 5) is 12.8. The Morgan fingerprint density at radius 3 is 2.15 bits per heavy atom. The van der Waals surface area contributed by atoms with Crippen LogP contribution in [0.5, 0.6) is 0 Å². The van der Waals surface area contributed by atoms with E-state index in [1.54, 1.807) is 12.1 Å². The van der Waals surface area contributed by atoms with E-state index in [0.29, 0.717) is 18.4 Å². The average Bonchev–Trinajstić information content (AvgIpc) is 2.94. The number of nitrogens with one attached hydrogen (secondary N) is 1. The van der Waals surface area contributed by atoms with Crippen molar-refractivity contribution in [3.8, 4) is 0 Å². The lowest BCUT2D eigenvalue weighted by Gasteiger charge is -2.20. The molecule has 2 unspecified atom stereocenters. The topological polar surface area (TPSA) is 63.2 Å². The fourth-order valence-corrected chi connectivity index (χ4v) is 4.80. The molecule has 138 valence electrons. The molecule has 3 rings (SSSR count). The lowest BCUT2D eigenvalue weighted by atomic mass is 9.91. The lowest BCUT2D eigenvalue weighted by molar-refractivity contribution is -0.123. The summed E-state index contributed by atoms with van der Waals surface area (Å²) in [6.45, 7) is 0. The van der Waals surface area contributed by atoms with Gasteiger partial charge >= 0.3 is 0 Å². The van der Waals surface area contributed by atoms with Crippen LogP contribution in [-0.4, -0.2) is 31.9 Å². The summed E-state index contributed by atoms with van der Waals surface area (Å²) >= 11 is 0. The molecule has 0 spiro atoms. The zero-order valence-electron chi connectivity index (χ0n) is 14.0. The quantitative estimate of drug-likeness (QED) is 0.869. The number of halogens is 2. The molecule has 1 amide bonds. The van der Waals surface area contributed by atoms with E-state index < -0.39 is 27.6 Å². The van der Waals surface area contributed by atoms with Gasteiger partial charge in [0.2, 0.25) is 5.91 Å². The summed E-state index contributed by atoms with van der Waals surface area (Å²) in [6, 6.07) is 11.0. The van der Waals surface area contributed by atoms with Crippen molar-refractivity contribution in [3.63, 3.8) is 0 Å². The largest absolute Gasteiger partial charge is 0.352 e. The molecule has 26 heavy (non-hydrogen) atoms. The second kappa shape index (κ2) is 7.53. The highest BCUT2D eigenvalue weighted by molar-refractivity contribution is 7.91. The van der Waals surface area contributed by atoms with Crippen LogP contribution in [-0.2, 0) is 21.1 Å². The van der Waals surface area contributed by atoms with E-state index in [-0.39, 0.29) is 23.2 Å². The van der Waals surface area contributed by atoms with Gasteiger partial charge in [0.15, 0.2) is 9.84 Å². The van der Waals surface area contributed by atoms with E-state index in [9.17, 15) is 22.0 Å². The van der Waals surface area contributed by atoms with Crippen molar-refractivity contribution in [1.82, 2.24) is 5.32 Å². The normalized spacial score (nSPS) is 19.8. The minimum Gasteiger partial charge on any atom is -0.352 e. The number of amides is 1. The van der Waals surface area contributed by atoms with Gasteiger partial charge in [-0.25, -0.2) is 17.2 Å². The Kier molecular flexibility index (Phi) is 5.36. The number of benzene rings is 2. The third-order valence-electron chi connectivity index (χ3n) is 4.52. The van der Waals surface area contributed by atoms with Crippen molar-refractivity contribution in [3.05, 3.63) is 71.3 Å². The number of hydrogen-bond donors (Lipinski definition) is 1. The standard InChI is InChI=1S/C19H19F2NO3S/c20-15-5-1-13(2-6-15)11-18(14-3-7-16(21)8-4-14)19(23)22-17-9-10-26(24,25)12-17/h1-8,17-18H,9-12H2,(H,22,23). The van der Waals surface area contributed by atoms with Gasteiger partial charge in [0, 0.05) is 6.04 Å². The first-order valence-electron chi connectivity index (χ1n) is 8.33. The summed E-state index contributed by atoms with van der Waals surface area (Å²) in [6.07, 6.45) is 0.692. The molecule has 0 saturated carbocycles. The maximum absolute atomic E-state index is 13.2. The molecule has 0 radical (unpaired) electrons. The van der Waals surface area contributed by atoms with Crippen LogP contribution in [0.3, 0.4) is 0 Å². The Morgan fingerprint density at radius 1 is 1.04 bits per heavy atom. The predicted molar refractivity (Wildman–Crippen MR) is 94.4 cm³/mol. The van der Waals surface area contributed by atoms with Gasteiger partial charge in [0.25, 0.3) is 0 Å². The average molecular weight is 379 g/mol. The Morgan fingerprint density at radius 2 is 1.62 bits per heavy atom. The van der Waals surface area contributed by atoms with Gasteiger partial charge in [0.05, 0.1) is 17.4 Å². The smallest absolute Gasteiger partial charge is 0.228 e. The van der Waals surface area contributed by atoms with E-state index in [0.717, 1.165) is 5.56 Å². The van der Waals surface area contributed by atoms with Crippen LogP contribution in [0.1, 0.15) is 23.5 Å².